The van der Waals surface area contributed by atoms with Crippen LogP contribution < -0.4 is 20.1 Å². The maximum atomic E-state index is 13.2. The lowest BCUT2D eigenvalue weighted by Crippen LogP contribution is -1.97. The molecule has 1 unspecified atom stereocenters. The van der Waals surface area contributed by atoms with Crippen molar-refractivity contribution < 1.29 is 23.9 Å². The molecule has 52 heavy (non-hydrogen) atoms. The lowest BCUT2D eigenvalue weighted by atomic mass is 10.1. The molecule has 7 aromatic rings. The van der Waals surface area contributed by atoms with Crippen LogP contribution >= 0.6 is 15.9 Å². The zero-order valence-corrected chi connectivity index (χ0v) is 31.2. The number of hydrogen-bond donors (Lipinski definition) is 4. The van der Waals surface area contributed by atoms with Crippen molar-refractivity contribution in [1.29, 1.82) is 0 Å². The fourth-order valence-electron chi connectivity index (χ4n) is 5.43. The predicted molar refractivity (Wildman–Crippen MR) is 213 cm³/mol. The highest BCUT2D eigenvalue weighted by Gasteiger charge is 2.10. The van der Waals surface area contributed by atoms with Gasteiger partial charge in [-0.1, -0.05) is 33.6 Å². The van der Waals surface area contributed by atoms with E-state index in [1.54, 1.807) is 57.1 Å². The zero-order valence-electron chi connectivity index (χ0n) is 28.8. The van der Waals surface area contributed by atoms with E-state index in [9.17, 15) is 14.4 Å². The van der Waals surface area contributed by atoms with Crippen molar-refractivity contribution in [3.8, 4) is 23.0 Å². The summed E-state index contributed by atoms with van der Waals surface area (Å²) in [5.41, 5.74) is 6.50. The van der Waals surface area contributed by atoms with Crippen LogP contribution in [0.4, 0.5) is 28.4 Å². The average molecular weight is 779 g/mol. The largest absolute Gasteiger partial charge is 0.508 e. The summed E-state index contributed by atoms with van der Waals surface area (Å²) in [4.78, 5) is 9.44. The second-order valence-corrected chi connectivity index (χ2v) is 15.1. The van der Waals surface area contributed by atoms with Crippen LogP contribution in [0.1, 0.15) is 5.56 Å². The van der Waals surface area contributed by atoms with E-state index < -0.39 is 9.73 Å². The molecule has 1 atom stereocenters. The standard InChI is InChI=1S/C24H23N3O3S.C16H13BrN2O2/c1-16-4-7-21(8-5-16)31(3,29)27-17-6-9-23-22(14-17)24(10-11-25-23)26-18-12-19(28)15-20(13-18)30-2;1-21-13-8-11(7-12(20)9-13)19-16-4-5-18-15-3-2-10(17)6-14(15)16/h4-15,28H,1-3H3,(H,25,26);2-9,20H,1H3,(H,18,19). The van der Waals surface area contributed by atoms with Gasteiger partial charge in [-0.2, -0.15) is 4.36 Å². The number of nitrogens with zero attached hydrogens (tertiary/aromatic N) is 3. The van der Waals surface area contributed by atoms with E-state index in [0.717, 1.165) is 48.9 Å². The van der Waals surface area contributed by atoms with Gasteiger partial charge in [-0.25, -0.2) is 4.21 Å². The summed E-state index contributed by atoms with van der Waals surface area (Å²) < 4.78 is 29.2. The summed E-state index contributed by atoms with van der Waals surface area (Å²) in [6.45, 7) is 1.99. The first-order valence-corrected chi connectivity index (χ1v) is 18.7. The van der Waals surface area contributed by atoms with Crippen LogP contribution in [0.3, 0.4) is 0 Å². The van der Waals surface area contributed by atoms with Crippen LogP contribution in [0.5, 0.6) is 23.0 Å². The van der Waals surface area contributed by atoms with Gasteiger partial charge in [-0.15, -0.1) is 0 Å². The molecule has 0 saturated heterocycles. The molecular formula is C40H36BrN5O5S. The number of methoxy groups -OCH3 is 2. The zero-order chi connectivity index (χ0) is 36.8. The van der Waals surface area contributed by atoms with Crippen LogP contribution in [-0.2, 0) is 9.73 Å². The van der Waals surface area contributed by atoms with E-state index in [0.29, 0.717) is 27.8 Å². The Hall–Kier alpha value is -5.85. The topological polar surface area (TPSA) is 138 Å². The number of aromatic nitrogens is 2. The number of rotatable bonds is 8. The molecule has 0 fully saturated rings. The smallest absolute Gasteiger partial charge is 0.124 e. The number of fused-ring (bicyclic) bond motifs is 2. The Labute approximate surface area is 310 Å². The molecule has 10 nitrogen and oxygen atoms in total. The monoisotopic (exact) mass is 777 g/mol. The minimum absolute atomic E-state index is 0.0970. The lowest BCUT2D eigenvalue weighted by Gasteiger charge is -2.12. The number of aryl methyl sites for hydroxylation is 1. The van der Waals surface area contributed by atoms with Crippen LogP contribution in [0, 0.1) is 6.92 Å². The molecule has 4 N–H and O–H groups in total. The molecule has 2 aromatic heterocycles. The summed E-state index contributed by atoms with van der Waals surface area (Å²) in [6.07, 6.45) is 5.10. The van der Waals surface area contributed by atoms with Gasteiger partial charge in [0.25, 0.3) is 0 Å². The van der Waals surface area contributed by atoms with Crippen molar-refractivity contribution in [2.45, 2.75) is 11.8 Å². The van der Waals surface area contributed by atoms with E-state index >= 15 is 0 Å². The fraction of sp³-hybridized carbons (Fsp3) is 0.100. The summed E-state index contributed by atoms with van der Waals surface area (Å²) in [7, 11) is 0.513. The van der Waals surface area contributed by atoms with Gasteiger partial charge in [0.15, 0.2) is 0 Å². The maximum absolute atomic E-state index is 13.2. The molecule has 0 amide bonds. The van der Waals surface area contributed by atoms with Crippen molar-refractivity contribution >= 4 is 75.9 Å². The van der Waals surface area contributed by atoms with Crippen molar-refractivity contribution in [3.05, 3.63) is 132 Å². The highest BCUT2D eigenvalue weighted by atomic mass is 79.9. The van der Waals surface area contributed by atoms with Crippen LogP contribution in [0.2, 0.25) is 0 Å². The molecule has 2 heterocycles. The van der Waals surface area contributed by atoms with E-state index in [1.807, 2.05) is 85.8 Å². The van der Waals surface area contributed by atoms with Gasteiger partial charge in [0.1, 0.15) is 23.0 Å². The second-order valence-electron chi connectivity index (χ2n) is 11.9. The van der Waals surface area contributed by atoms with Crippen LogP contribution in [0.25, 0.3) is 21.8 Å². The third-order valence-electron chi connectivity index (χ3n) is 7.98. The minimum atomic E-state index is -2.60. The quantitative estimate of drug-likeness (QED) is 0.119. The molecule has 0 spiro atoms. The van der Waals surface area contributed by atoms with Gasteiger partial charge in [-0.3, -0.25) is 9.97 Å². The van der Waals surface area contributed by atoms with E-state index in [2.05, 4.69) is 40.9 Å². The first-order valence-electron chi connectivity index (χ1n) is 16.0. The van der Waals surface area contributed by atoms with Gasteiger partial charge in [0.05, 0.1) is 40.7 Å². The molecule has 12 heteroatoms. The van der Waals surface area contributed by atoms with Gasteiger partial charge in [0, 0.05) is 97.9 Å². The fourth-order valence-corrected chi connectivity index (χ4v) is 7.05. The van der Waals surface area contributed by atoms with Gasteiger partial charge < -0.3 is 30.3 Å². The Balaban J connectivity index is 0.000000192. The third kappa shape index (κ3) is 8.71. The van der Waals surface area contributed by atoms with Crippen molar-refractivity contribution in [3.63, 3.8) is 0 Å². The number of ether oxygens (including phenoxy) is 2. The predicted octanol–water partition coefficient (Wildman–Crippen LogP) is 10.2. The molecule has 0 aliphatic rings. The number of halogens is 1. The van der Waals surface area contributed by atoms with E-state index in [1.165, 1.54) is 6.07 Å². The van der Waals surface area contributed by atoms with Crippen LogP contribution in [0.15, 0.2) is 135 Å². The number of nitrogens with one attached hydrogen (secondary N) is 2. The lowest BCUT2D eigenvalue weighted by molar-refractivity contribution is 0.407. The number of pyridine rings is 2. The van der Waals surface area contributed by atoms with Crippen molar-refractivity contribution in [2.75, 3.05) is 31.1 Å². The molecule has 0 aliphatic carbocycles. The minimum Gasteiger partial charge on any atom is -0.508 e. The summed E-state index contributed by atoms with van der Waals surface area (Å²) in [6, 6.07) is 32.7. The highest BCUT2D eigenvalue weighted by Crippen LogP contribution is 2.34. The Morgan fingerprint density at radius 2 is 1.19 bits per heavy atom. The summed E-state index contributed by atoms with van der Waals surface area (Å²) in [5, 5.41) is 28.1. The Morgan fingerprint density at radius 1 is 0.673 bits per heavy atom. The molecule has 5 aromatic carbocycles. The maximum Gasteiger partial charge on any atom is 0.124 e. The third-order valence-corrected chi connectivity index (χ3v) is 10.2. The van der Waals surface area contributed by atoms with Crippen molar-refractivity contribution in [1.82, 2.24) is 9.97 Å². The molecule has 7 rings (SSSR count). The Bertz CT molecular complexity index is 2520. The Morgan fingerprint density at radius 3 is 1.73 bits per heavy atom. The number of phenolic OH excluding ortho intramolecular Hbond substituents is 2. The number of hydrogen-bond acceptors (Lipinski definition) is 10. The van der Waals surface area contributed by atoms with E-state index in [-0.39, 0.29) is 11.5 Å². The second kappa shape index (κ2) is 15.6. The average Bonchev–Trinajstić information content (AvgIpc) is 3.12. The summed E-state index contributed by atoms with van der Waals surface area (Å²) >= 11 is 3.47. The Kier molecular flexibility index (Phi) is 10.8. The van der Waals surface area contributed by atoms with Gasteiger partial charge in [0.2, 0.25) is 0 Å². The molecule has 0 aliphatic heterocycles. The van der Waals surface area contributed by atoms with Crippen molar-refractivity contribution in [2.24, 2.45) is 4.36 Å². The van der Waals surface area contributed by atoms with Gasteiger partial charge in [-0.05, 0) is 67.6 Å². The summed E-state index contributed by atoms with van der Waals surface area (Å²) in [5.74, 6) is 1.38. The number of benzene rings is 5. The molecule has 264 valence electrons. The molecule has 0 radical (unpaired) electrons. The number of anilines is 4. The molecule has 0 bridgehead atoms. The first kappa shape index (κ1) is 36.0. The number of aromatic hydroxyl groups is 2. The highest BCUT2D eigenvalue weighted by molar-refractivity contribution is 9.10. The van der Waals surface area contributed by atoms with Crippen LogP contribution in [-0.4, -0.2) is 44.9 Å². The normalized spacial score (nSPS) is 11.9. The molecular weight excluding hydrogens is 742 g/mol. The molecule has 0 saturated carbocycles. The SMILES string of the molecule is COc1cc(O)cc(Nc2ccnc3ccc(Br)cc23)c1.COc1cc(O)cc(Nc2ccnc3ccc(N=S(C)(=O)c4ccc(C)cc4)cc23)c1. The first-order chi connectivity index (χ1) is 25.0. The number of phenols is 2. The van der Waals surface area contributed by atoms with Gasteiger partial charge >= 0.3 is 0 Å². The van der Waals surface area contributed by atoms with E-state index in [4.69, 9.17) is 9.47 Å².